The maximum absolute atomic E-state index is 6.16. The van der Waals surface area contributed by atoms with Crippen molar-refractivity contribution in [2.45, 2.75) is 12.1 Å². The number of hydrogen-bond donors (Lipinski definition) is 1. The van der Waals surface area contributed by atoms with Crippen LogP contribution in [0.5, 0.6) is 0 Å². The van der Waals surface area contributed by atoms with Crippen molar-refractivity contribution in [1.29, 1.82) is 0 Å². The summed E-state index contributed by atoms with van der Waals surface area (Å²) in [6, 6.07) is 51.1. The molecule has 0 unspecified atom stereocenters. The Morgan fingerprint density at radius 2 is 1.08 bits per heavy atom. The lowest BCUT2D eigenvalue weighted by atomic mass is 9.76. The first-order valence-electron chi connectivity index (χ1n) is 13.5. The van der Waals surface area contributed by atoms with E-state index in [1.165, 1.54) is 22.3 Å². The van der Waals surface area contributed by atoms with E-state index in [0.717, 1.165) is 30.1 Å². The molecular weight excluding hydrogens is 476 g/mol. The van der Waals surface area contributed by atoms with Gasteiger partial charge < -0.3 is 10.1 Å². The van der Waals surface area contributed by atoms with Crippen molar-refractivity contribution in [3.8, 4) is 0 Å². The normalized spacial score (nSPS) is 13.8. The van der Waals surface area contributed by atoms with Crippen molar-refractivity contribution in [1.82, 2.24) is 4.90 Å². The van der Waals surface area contributed by atoms with Gasteiger partial charge in [-0.3, -0.25) is 4.90 Å². The van der Waals surface area contributed by atoms with Crippen LogP contribution in [0.3, 0.4) is 0 Å². The van der Waals surface area contributed by atoms with Crippen LogP contribution in [0.15, 0.2) is 152 Å². The minimum Gasteiger partial charge on any atom is -0.478 e. The number of nitrogens with zero attached hydrogens (tertiary/aromatic N) is 1. The molecule has 0 spiro atoms. The Balaban J connectivity index is 1.37. The van der Waals surface area contributed by atoms with Gasteiger partial charge in [-0.25, -0.2) is 0 Å². The zero-order valence-corrected chi connectivity index (χ0v) is 21.9. The van der Waals surface area contributed by atoms with Gasteiger partial charge in [0.1, 0.15) is 18.0 Å². The van der Waals surface area contributed by atoms with Crippen LogP contribution in [-0.4, -0.2) is 18.2 Å². The molecule has 0 saturated heterocycles. The number of hydrogen-bond acceptors (Lipinski definition) is 3. The molecule has 5 aromatic carbocycles. The summed E-state index contributed by atoms with van der Waals surface area (Å²) >= 11 is 0. The zero-order valence-electron chi connectivity index (χ0n) is 21.9. The Labute approximate surface area is 231 Å². The number of rotatable bonds is 8. The smallest absolute Gasteiger partial charge is 0.142 e. The molecule has 1 aliphatic rings. The quantitative estimate of drug-likeness (QED) is 0.216. The molecule has 1 heterocycles. The summed E-state index contributed by atoms with van der Waals surface area (Å²) in [5, 5.41) is 4.05. The molecule has 1 aliphatic heterocycles. The van der Waals surface area contributed by atoms with Gasteiger partial charge in [-0.05, 0) is 34.4 Å². The highest BCUT2D eigenvalue weighted by atomic mass is 16.5. The number of nitrogens with one attached hydrogen (secondary N) is 1. The molecule has 0 fully saturated rings. The van der Waals surface area contributed by atoms with Crippen molar-refractivity contribution in [2.75, 3.05) is 18.6 Å². The first kappa shape index (κ1) is 24.7. The van der Waals surface area contributed by atoms with Crippen molar-refractivity contribution < 1.29 is 4.74 Å². The maximum atomic E-state index is 6.16. The predicted molar refractivity (Wildman–Crippen MR) is 160 cm³/mol. The van der Waals surface area contributed by atoms with Crippen LogP contribution in [0.25, 0.3) is 5.76 Å². The zero-order chi connectivity index (χ0) is 26.3. The van der Waals surface area contributed by atoms with Crippen LogP contribution in [0.4, 0.5) is 5.69 Å². The number of benzene rings is 5. The number of para-hydroxylation sites is 1. The van der Waals surface area contributed by atoms with E-state index < -0.39 is 5.54 Å². The first-order chi connectivity index (χ1) is 19.3. The standard InChI is InChI=1S/C36H32N2O/c1-5-15-29(16-6-1)35-25-26-38(28-39-35)27-30-17-13-14-24-34(30)37-36(31-18-7-2-8-19-31,32-20-9-3-10-21-32)33-22-11-4-12-23-33/h1-25,37H,26-28H2. The van der Waals surface area contributed by atoms with E-state index in [-0.39, 0.29) is 0 Å². The molecule has 0 bridgehead atoms. The summed E-state index contributed by atoms with van der Waals surface area (Å²) in [7, 11) is 0. The topological polar surface area (TPSA) is 24.5 Å². The molecule has 0 radical (unpaired) electrons. The van der Waals surface area contributed by atoms with Gasteiger partial charge in [-0.2, -0.15) is 0 Å². The fourth-order valence-electron chi connectivity index (χ4n) is 5.40. The van der Waals surface area contributed by atoms with Crippen LogP contribution in [-0.2, 0) is 16.8 Å². The van der Waals surface area contributed by atoms with E-state index in [1.54, 1.807) is 0 Å². The summed E-state index contributed by atoms with van der Waals surface area (Å²) in [6.07, 6.45) is 2.18. The molecule has 0 amide bonds. The Morgan fingerprint density at radius 1 is 0.590 bits per heavy atom. The molecule has 3 nitrogen and oxygen atoms in total. The third kappa shape index (κ3) is 5.22. The number of anilines is 1. The average molecular weight is 509 g/mol. The Bertz CT molecular complexity index is 1420. The van der Waals surface area contributed by atoms with Gasteiger partial charge in [0.2, 0.25) is 0 Å². The highest BCUT2D eigenvalue weighted by Crippen LogP contribution is 2.40. The first-order valence-corrected chi connectivity index (χ1v) is 13.5. The van der Waals surface area contributed by atoms with Gasteiger partial charge in [0.15, 0.2) is 0 Å². The SMILES string of the molecule is C1=C(c2ccccc2)OCN(Cc2ccccc2NC(c2ccccc2)(c2ccccc2)c2ccccc2)C1. The summed E-state index contributed by atoms with van der Waals surface area (Å²) in [5.41, 5.74) is 6.45. The lowest BCUT2D eigenvalue weighted by Crippen LogP contribution is -2.38. The van der Waals surface area contributed by atoms with Gasteiger partial charge >= 0.3 is 0 Å². The molecule has 0 atom stereocenters. The minimum absolute atomic E-state index is 0.552. The van der Waals surface area contributed by atoms with Gasteiger partial charge in [0.25, 0.3) is 0 Å². The predicted octanol–water partition coefficient (Wildman–Crippen LogP) is 7.92. The third-order valence-electron chi connectivity index (χ3n) is 7.35. The molecule has 6 rings (SSSR count). The van der Waals surface area contributed by atoms with Crippen LogP contribution < -0.4 is 5.32 Å². The van der Waals surface area contributed by atoms with E-state index in [4.69, 9.17) is 4.74 Å². The van der Waals surface area contributed by atoms with Crippen molar-refractivity contribution in [3.05, 3.63) is 179 Å². The fraction of sp³-hybridized carbons (Fsp3) is 0.111. The summed E-state index contributed by atoms with van der Waals surface area (Å²) < 4.78 is 6.16. The molecule has 5 aromatic rings. The fourth-order valence-corrected chi connectivity index (χ4v) is 5.40. The van der Waals surface area contributed by atoms with Gasteiger partial charge in [-0.15, -0.1) is 0 Å². The Morgan fingerprint density at radius 3 is 1.59 bits per heavy atom. The second kappa shape index (κ2) is 11.4. The lowest BCUT2D eigenvalue weighted by Gasteiger charge is -2.39. The Kier molecular flexibility index (Phi) is 7.24. The molecule has 192 valence electrons. The van der Waals surface area contributed by atoms with Crippen LogP contribution in [0.1, 0.15) is 27.8 Å². The molecular formula is C36H32N2O. The summed E-state index contributed by atoms with van der Waals surface area (Å²) in [6.45, 7) is 2.16. The van der Waals surface area contributed by atoms with Crippen molar-refractivity contribution in [3.63, 3.8) is 0 Å². The van der Waals surface area contributed by atoms with Crippen molar-refractivity contribution in [2.24, 2.45) is 0 Å². The molecule has 3 heteroatoms. The van der Waals surface area contributed by atoms with E-state index in [1.807, 2.05) is 18.2 Å². The summed E-state index contributed by atoms with van der Waals surface area (Å²) in [5.74, 6) is 0.953. The third-order valence-corrected chi connectivity index (χ3v) is 7.35. The van der Waals surface area contributed by atoms with Gasteiger partial charge in [-0.1, -0.05) is 140 Å². The van der Waals surface area contributed by atoms with Crippen LogP contribution >= 0.6 is 0 Å². The highest BCUT2D eigenvalue weighted by Gasteiger charge is 2.36. The second-order valence-electron chi connectivity index (χ2n) is 9.85. The monoisotopic (exact) mass is 508 g/mol. The average Bonchev–Trinajstić information content (AvgIpc) is 3.03. The van der Waals surface area contributed by atoms with E-state index in [2.05, 4.69) is 144 Å². The molecule has 39 heavy (non-hydrogen) atoms. The largest absolute Gasteiger partial charge is 0.478 e. The lowest BCUT2D eigenvalue weighted by molar-refractivity contribution is 0.0939. The summed E-state index contributed by atoms with van der Waals surface area (Å²) in [4.78, 5) is 2.32. The second-order valence-corrected chi connectivity index (χ2v) is 9.85. The molecule has 0 aromatic heterocycles. The molecule has 1 N–H and O–H groups in total. The molecule has 0 aliphatic carbocycles. The van der Waals surface area contributed by atoms with Crippen molar-refractivity contribution >= 4 is 11.4 Å². The van der Waals surface area contributed by atoms with E-state index in [0.29, 0.717) is 6.73 Å². The Hall–Kier alpha value is -4.60. The van der Waals surface area contributed by atoms with E-state index >= 15 is 0 Å². The van der Waals surface area contributed by atoms with E-state index in [9.17, 15) is 0 Å². The minimum atomic E-state index is -0.571. The highest BCUT2D eigenvalue weighted by molar-refractivity contribution is 5.63. The van der Waals surface area contributed by atoms with Crippen LogP contribution in [0, 0.1) is 0 Å². The number of ether oxygens (including phenoxy) is 1. The maximum Gasteiger partial charge on any atom is 0.142 e. The van der Waals surface area contributed by atoms with Gasteiger partial charge in [0, 0.05) is 24.3 Å². The van der Waals surface area contributed by atoms with Crippen LogP contribution in [0.2, 0.25) is 0 Å². The molecule has 0 saturated carbocycles. The van der Waals surface area contributed by atoms with Gasteiger partial charge in [0.05, 0.1) is 0 Å².